The highest BCUT2D eigenvalue weighted by Gasteiger charge is 2.19. The standard InChI is InChI=1S/C11H15IN2/c12-10-5-4-9(11(14)6-13)7-2-1-3-8(7)10/h4-5,11H,1-3,6,13-14H2. The molecule has 3 heteroatoms. The van der Waals surface area contributed by atoms with Crippen molar-refractivity contribution in [2.45, 2.75) is 25.3 Å². The molecule has 0 heterocycles. The number of benzene rings is 1. The molecule has 0 spiro atoms. The number of hydrogen-bond donors (Lipinski definition) is 2. The van der Waals surface area contributed by atoms with Crippen molar-refractivity contribution in [3.63, 3.8) is 0 Å². The second kappa shape index (κ2) is 4.16. The van der Waals surface area contributed by atoms with Crippen LogP contribution in [0.2, 0.25) is 0 Å². The second-order valence-corrected chi connectivity index (χ2v) is 4.95. The van der Waals surface area contributed by atoms with Crippen LogP contribution >= 0.6 is 22.6 Å². The van der Waals surface area contributed by atoms with Gasteiger partial charge in [-0.25, -0.2) is 0 Å². The van der Waals surface area contributed by atoms with E-state index in [1.807, 2.05) is 0 Å². The maximum atomic E-state index is 5.99. The zero-order valence-electron chi connectivity index (χ0n) is 8.09. The van der Waals surface area contributed by atoms with Crippen molar-refractivity contribution in [1.82, 2.24) is 0 Å². The van der Waals surface area contributed by atoms with Gasteiger partial charge in [0.15, 0.2) is 0 Å². The predicted molar refractivity (Wildman–Crippen MR) is 67.2 cm³/mol. The van der Waals surface area contributed by atoms with Crippen molar-refractivity contribution < 1.29 is 0 Å². The van der Waals surface area contributed by atoms with E-state index in [4.69, 9.17) is 11.5 Å². The van der Waals surface area contributed by atoms with Crippen molar-refractivity contribution >= 4 is 22.6 Å². The summed E-state index contributed by atoms with van der Waals surface area (Å²) in [6.45, 7) is 0.535. The van der Waals surface area contributed by atoms with Crippen LogP contribution in [0.25, 0.3) is 0 Å². The fourth-order valence-electron chi connectivity index (χ4n) is 2.16. The quantitative estimate of drug-likeness (QED) is 0.818. The van der Waals surface area contributed by atoms with Crippen molar-refractivity contribution in [3.05, 3.63) is 32.4 Å². The summed E-state index contributed by atoms with van der Waals surface area (Å²) in [5.74, 6) is 0. The normalized spacial score (nSPS) is 16.8. The summed E-state index contributed by atoms with van der Waals surface area (Å²) in [7, 11) is 0. The Morgan fingerprint density at radius 2 is 2.00 bits per heavy atom. The van der Waals surface area contributed by atoms with Gasteiger partial charge in [0.25, 0.3) is 0 Å². The van der Waals surface area contributed by atoms with Gasteiger partial charge in [-0.3, -0.25) is 0 Å². The lowest BCUT2D eigenvalue weighted by atomic mass is 9.98. The van der Waals surface area contributed by atoms with Gasteiger partial charge in [0.2, 0.25) is 0 Å². The minimum absolute atomic E-state index is 0.0128. The molecule has 1 unspecified atom stereocenters. The SMILES string of the molecule is NCC(N)c1ccc(I)c2c1CCC2. The number of fused-ring (bicyclic) bond motifs is 1. The van der Waals surface area contributed by atoms with E-state index in [-0.39, 0.29) is 6.04 Å². The first-order chi connectivity index (χ1) is 6.74. The Hall–Kier alpha value is -0.130. The molecule has 0 amide bonds. The maximum absolute atomic E-state index is 5.99. The van der Waals surface area contributed by atoms with Gasteiger partial charge in [-0.15, -0.1) is 0 Å². The third kappa shape index (κ3) is 1.68. The highest BCUT2D eigenvalue weighted by atomic mass is 127. The van der Waals surface area contributed by atoms with Crippen LogP contribution in [0.15, 0.2) is 12.1 Å². The van der Waals surface area contributed by atoms with E-state index in [0.717, 1.165) is 0 Å². The fraction of sp³-hybridized carbons (Fsp3) is 0.455. The Morgan fingerprint density at radius 3 is 2.71 bits per heavy atom. The highest BCUT2D eigenvalue weighted by Crippen LogP contribution is 2.31. The molecule has 0 radical (unpaired) electrons. The number of rotatable bonds is 2. The molecule has 1 aliphatic rings. The number of hydrogen-bond acceptors (Lipinski definition) is 2. The van der Waals surface area contributed by atoms with Crippen molar-refractivity contribution in [2.75, 3.05) is 6.54 Å². The molecule has 0 aliphatic heterocycles. The third-order valence-corrected chi connectivity index (χ3v) is 3.93. The number of halogens is 1. The van der Waals surface area contributed by atoms with Gasteiger partial charge in [-0.2, -0.15) is 0 Å². The molecule has 1 aromatic rings. The topological polar surface area (TPSA) is 52.0 Å². The Balaban J connectivity index is 2.48. The van der Waals surface area contributed by atoms with Crippen LogP contribution in [-0.2, 0) is 12.8 Å². The predicted octanol–water partition coefficient (Wildman–Crippen LogP) is 1.74. The van der Waals surface area contributed by atoms with E-state index < -0.39 is 0 Å². The summed E-state index contributed by atoms with van der Waals surface area (Å²) in [5, 5.41) is 0. The van der Waals surface area contributed by atoms with Crippen LogP contribution in [0.3, 0.4) is 0 Å². The monoisotopic (exact) mass is 302 g/mol. The zero-order chi connectivity index (χ0) is 10.1. The maximum Gasteiger partial charge on any atom is 0.0422 e. The van der Waals surface area contributed by atoms with Crippen molar-refractivity contribution in [3.8, 4) is 0 Å². The van der Waals surface area contributed by atoms with E-state index in [1.54, 1.807) is 0 Å². The zero-order valence-corrected chi connectivity index (χ0v) is 10.3. The van der Waals surface area contributed by atoms with Gasteiger partial charge >= 0.3 is 0 Å². The molecule has 14 heavy (non-hydrogen) atoms. The lowest BCUT2D eigenvalue weighted by Gasteiger charge is -2.15. The van der Waals surface area contributed by atoms with E-state index >= 15 is 0 Å². The Kier molecular flexibility index (Phi) is 3.09. The van der Waals surface area contributed by atoms with Crippen LogP contribution in [0.4, 0.5) is 0 Å². The summed E-state index contributed by atoms with van der Waals surface area (Å²) in [4.78, 5) is 0. The molecule has 1 atom stereocenters. The minimum atomic E-state index is 0.0128. The van der Waals surface area contributed by atoms with Gasteiger partial charge in [-0.1, -0.05) is 6.07 Å². The molecule has 1 aliphatic carbocycles. The van der Waals surface area contributed by atoms with Crippen LogP contribution < -0.4 is 11.5 Å². The van der Waals surface area contributed by atoms with E-state index in [1.165, 1.54) is 39.5 Å². The highest BCUT2D eigenvalue weighted by molar-refractivity contribution is 14.1. The molecule has 0 aromatic heterocycles. The summed E-state index contributed by atoms with van der Waals surface area (Å²) in [6.07, 6.45) is 3.65. The van der Waals surface area contributed by atoms with Crippen molar-refractivity contribution in [2.24, 2.45) is 11.5 Å². The molecule has 0 fully saturated rings. The largest absolute Gasteiger partial charge is 0.329 e. The third-order valence-electron chi connectivity index (χ3n) is 2.92. The molecule has 2 rings (SSSR count). The van der Waals surface area contributed by atoms with E-state index in [0.29, 0.717) is 6.54 Å². The first-order valence-corrected chi connectivity index (χ1v) is 6.07. The molecule has 2 nitrogen and oxygen atoms in total. The van der Waals surface area contributed by atoms with Crippen LogP contribution in [0.5, 0.6) is 0 Å². The number of nitrogens with two attached hydrogens (primary N) is 2. The second-order valence-electron chi connectivity index (χ2n) is 3.79. The van der Waals surface area contributed by atoms with E-state index in [9.17, 15) is 0 Å². The molecule has 0 bridgehead atoms. The smallest absolute Gasteiger partial charge is 0.0422 e. The molecule has 0 saturated carbocycles. The average Bonchev–Trinajstić information content (AvgIpc) is 2.67. The fourth-order valence-corrected chi connectivity index (χ4v) is 2.94. The van der Waals surface area contributed by atoms with Crippen LogP contribution in [0, 0.1) is 3.57 Å². The Bertz CT molecular complexity index is 349. The summed E-state index contributed by atoms with van der Waals surface area (Å²) >= 11 is 2.41. The van der Waals surface area contributed by atoms with Gasteiger partial charge in [-0.05, 0) is 64.6 Å². The summed E-state index contributed by atoms with van der Waals surface area (Å²) in [5.41, 5.74) is 15.8. The first-order valence-electron chi connectivity index (χ1n) is 5.00. The minimum Gasteiger partial charge on any atom is -0.329 e. The molecular weight excluding hydrogens is 287 g/mol. The summed E-state index contributed by atoms with van der Waals surface area (Å²) in [6, 6.07) is 4.32. The lowest BCUT2D eigenvalue weighted by molar-refractivity contribution is 0.726. The van der Waals surface area contributed by atoms with Gasteiger partial charge in [0.05, 0.1) is 0 Å². The average molecular weight is 302 g/mol. The Labute approximate surface area is 98.2 Å². The van der Waals surface area contributed by atoms with Gasteiger partial charge < -0.3 is 11.5 Å². The lowest BCUT2D eigenvalue weighted by Crippen LogP contribution is -2.22. The van der Waals surface area contributed by atoms with E-state index in [2.05, 4.69) is 34.7 Å². The molecule has 0 saturated heterocycles. The molecular formula is C11H15IN2. The van der Waals surface area contributed by atoms with Crippen LogP contribution in [-0.4, -0.2) is 6.54 Å². The Morgan fingerprint density at radius 1 is 1.29 bits per heavy atom. The molecule has 76 valence electrons. The molecule has 4 N–H and O–H groups in total. The first kappa shape index (κ1) is 10.4. The van der Waals surface area contributed by atoms with Crippen LogP contribution in [0.1, 0.15) is 29.2 Å². The summed E-state index contributed by atoms with van der Waals surface area (Å²) < 4.78 is 1.38. The van der Waals surface area contributed by atoms with Gasteiger partial charge in [0.1, 0.15) is 0 Å². The molecule has 1 aromatic carbocycles. The van der Waals surface area contributed by atoms with Gasteiger partial charge in [0, 0.05) is 16.2 Å². The van der Waals surface area contributed by atoms with Crippen molar-refractivity contribution in [1.29, 1.82) is 0 Å².